The van der Waals surface area contributed by atoms with Crippen molar-refractivity contribution < 1.29 is 9.59 Å². The van der Waals surface area contributed by atoms with Crippen molar-refractivity contribution in [2.24, 2.45) is 11.8 Å². The molecule has 0 aromatic heterocycles. The van der Waals surface area contributed by atoms with Crippen LogP contribution in [0.25, 0.3) is 0 Å². The van der Waals surface area contributed by atoms with E-state index in [1.165, 1.54) is 12.8 Å². The minimum atomic E-state index is 0.00163. The molecule has 0 unspecified atom stereocenters. The van der Waals surface area contributed by atoms with E-state index in [4.69, 9.17) is 11.6 Å². The van der Waals surface area contributed by atoms with Gasteiger partial charge in [0, 0.05) is 37.1 Å². The van der Waals surface area contributed by atoms with Crippen LogP contribution < -0.4 is 0 Å². The van der Waals surface area contributed by atoms with E-state index in [2.05, 4.69) is 4.90 Å². The SMILES string of the molecule is O=C(CCc1ccccc1Cl)N1C[C@@H]2CC[C@H](C1)N(CC1CC1)C2=O. The predicted octanol–water partition coefficient (Wildman–Crippen LogP) is 3.13. The predicted molar refractivity (Wildman–Crippen MR) is 97.3 cm³/mol. The topological polar surface area (TPSA) is 40.6 Å². The van der Waals surface area contributed by atoms with Crippen LogP contribution in [0.4, 0.5) is 0 Å². The number of carbonyl (C=O) groups excluding carboxylic acids is 2. The summed E-state index contributed by atoms with van der Waals surface area (Å²) < 4.78 is 0. The molecule has 2 atom stereocenters. The Morgan fingerprint density at radius 3 is 2.68 bits per heavy atom. The first-order valence-electron chi connectivity index (χ1n) is 9.43. The van der Waals surface area contributed by atoms with E-state index in [1.807, 2.05) is 29.2 Å². The quantitative estimate of drug-likeness (QED) is 0.809. The second-order valence-electron chi connectivity index (χ2n) is 7.75. The molecule has 0 spiro atoms. The fraction of sp³-hybridized carbons (Fsp3) is 0.600. The van der Waals surface area contributed by atoms with E-state index in [0.29, 0.717) is 31.8 Å². The molecule has 25 heavy (non-hydrogen) atoms. The number of hydrogen-bond acceptors (Lipinski definition) is 2. The van der Waals surface area contributed by atoms with E-state index in [1.54, 1.807) is 0 Å². The van der Waals surface area contributed by atoms with Crippen molar-refractivity contribution >= 4 is 23.4 Å². The number of nitrogens with zero attached hydrogens (tertiary/aromatic N) is 2. The summed E-state index contributed by atoms with van der Waals surface area (Å²) in [5.41, 5.74) is 1.02. The number of halogens is 1. The highest BCUT2D eigenvalue weighted by Crippen LogP contribution is 2.35. The van der Waals surface area contributed by atoms with Crippen LogP contribution in [0, 0.1) is 11.8 Å². The molecule has 5 rings (SSSR count). The summed E-state index contributed by atoms with van der Waals surface area (Å²) >= 11 is 6.19. The lowest BCUT2D eigenvalue weighted by molar-refractivity contribution is -0.140. The van der Waals surface area contributed by atoms with Gasteiger partial charge in [-0.1, -0.05) is 29.8 Å². The van der Waals surface area contributed by atoms with Gasteiger partial charge in [-0.3, -0.25) is 9.59 Å². The Bertz CT molecular complexity index is 673. The van der Waals surface area contributed by atoms with E-state index < -0.39 is 0 Å². The summed E-state index contributed by atoms with van der Waals surface area (Å²) in [5, 5.41) is 0.719. The van der Waals surface area contributed by atoms with E-state index in [0.717, 1.165) is 30.0 Å². The average Bonchev–Trinajstić information content (AvgIpc) is 3.44. The van der Waals surface area contributed by atoms with Gasteiger partial charge in [0.05, 0.1) is 5.92 Å². The molecule has 0 N–H and O–H groups in total. The number of carbonyl (C=O) groups is 2. The number of amides is 2. The molecule has 134 valence electrons. The van der Waals surface area contributed by atoms with Crippen LogP contribution in [-0.4, -0.2) is 47.3 Å². The lowest BCUT2D eigenvalue weighted by Gasteiger charge is -2.36. The Labute approximate surface area is 154 Å². The molecule has 4 nitrogen and oxygen atoms in total. The van der Waals surface area contributed by atoms with Crippen molar-refractivity contribution in [1.82, 2.24) is 9.80 Å². The molecule has 3 heterocycles. The third-order valence-electron chi connectivity index (χ3n) is 5.86. The molecule has 1 saturated carbocycles. The van der Waals surface area contributed by atoms with Crippen LogP contribution in [0.1, 0.15) is 37.7 Å². The van der Waals surface area contributed by atoms with Crippen LogP contribution in [0.2, 0.25) is 5.02 Å². The van der Waals surface area contributed by atoms with Crippen molar-refractivity contribution in [2.45, 2.75) is 44.6 Å². The molecule has 5 heteroatoms. The van der Waals surface area contributed by atoms with Crippen LogP contribution in [0.5, 0.6) is 0 Å². The third-order valence-corrected chi connectivity index (χ3v) is 6.23. The van der Waals surface area contributed by atoms with Gasteiger partial charge in [0.15, 0.2) is 0 Å². The summed E-state index contributed by atoms with van der Waals surface area (Å²) in [5.74, 6) is 1.14. The van der Waals surface area contributed by atoms with Crippen LogP contribution in [0.3, 0.4) is 0 Å². The Hall–Kier alpha value is -1.55. The van der Waals surface area contributed by atoms with Crippen LogP contribution in [-0.2, 0) is 16.0 Å². The van der Waals surface area contributed by atoms with Crippen molar-refractivity contribution in [3.63, 3.8) is 0 Å². The van der Waals surface area contributed by atoms with Crippen LogP contribution in [0.15, 0.2) is 24.3 Å². The number of rotatable bonds is 5. The van der Waals surface area contributed by atoms with Crippen molar-refractivity contribution in [1.29, 1.82) is 0 Å². The van der Waals surface area contributed by atoms with Crippen LogP contribution >= 0.6 is 11.6 Å². The molecule has 3 saturated heterocycles. The fourth-order valence-corrected chi connectivity index (χ4v) is 4.39. The summed E-state index contributed by atoms with van der Waals surface area (Å²) in [4.78, 5) is 29.5. The zero-order valence-corrected chi connectivity index (χ0v) is 15.3. The second kappa shape index (κ2) is 6.99. The molecule has 1 aliphatic carbocycles. The zero-order chi connectivity index (χ0) is 17.4. The Morgan fingerprint density at radius 1 is 1.12 bits per heavy atom. The molecule has 1 aromatic rings. The van der Waals surface area contributed by atoms with Crippen molar-refractivity contribution in [3.05, 3.63) is 34.9 Å². The highest BCUT2D eigenvalue weighted by Gasteiger charge is 2.43. The molecule has 2 bridgehead atoms. The highest BCUT2D eigenvalue weighted by atomic mass is 35.5. The lowest BCUT2D eigenvalue weighted by atomic mass is 9.94. The Morgan fingerprint density at radius 2 is 1.92 bits per heavy atom. The molecule has 4 aliphatic rings. The largest absolute Gasteiger partial charge is 0.340 e. The first-order chi connectivity index (χ1) is 12.1. The maximum atomic E-state index is 12.8. The van der Waals surface area contributed by atoms with E-state index in [-0.39, 0.29) is 23.8 Å². The Kier molecular flexibility index (Phi) is 4.72. The molecular formula is C20H25ClN2O2. The van der Waals surface area contributed by atoms with Gasteiger partial charge in [-0.25, -0.2) is 0 Å². The standard InChI is InChI=1S/C20H25ClN2O2/c21-18-4-2-1-3-15(18)8-10-19(24)22-12-16-7-9-17(13-22)23(20(16)25)11-14-5-6-14/h1-4,14,16-17H,5-13H2/t16-,17+/m0/s1. The minimum absolute atomic E-state index is 0.00163. The lowest BCUT2D eigenvalue weighted by Crippen LogP contribution is -2.48. The monoisotopic (exact) mass is 360 g/mol. The number of aryl methyl sites for hydroxylation is 1. The summed E-state index contributed by atoms with van der Waals surface area (Å²) in [7, 11) is 0. The summed E-state index contributed by atoms with van der Waals surface area (Å²) in [6.07, 6.45) is 5.59. The van der Waals surface area contributed by atoms with E-state index in [9.17, 15) is 9.59 Å². The van der Waals surface area contributed by atoms with Crippen molar-refractivity contribution in [2.75, 3.05) is 19.6 Å². The molecular weight excluding hydrogens is 336 g/mol. The number of piperidine rings is 1. The highest BCUT2D eigenvalue weighted by molar-refractivity contribution is 6.31. The first kappa shape index (κ1) is 16.9. The van der Waals surface area contributed by atoms with E-state index >= 15 is 0 Å². The fourth-order valence-electron chi connectivity index (χ4n) is 4.16. The maximum Gasteiger partial charge on any atom is 0.227 e. The minimum Gasteiger partial charge on any atom is -0.340 e. The van der Waals surface area contributed by atoms with Gasteiger partial charge >= 0.3 is 0 Å². The summed E-state index contributed by atoms with van der Waals surface area (Å²) in [6, 6.07) is 7.91. The van der Waals surface area contributed by atoms with Gasteiger partial charge in [-0.05, 0) is 49.7 Å². The molecule has 1 aromatic carbocycles. The van der Waals surface area contributed by atoms with Gasteiger partial charge < -0.3 is 9.80 Å². The molecule has 0 radical (unpaired) electrons. The number of fused-ring (bicyclic) bond motifs is 4. The number of hydrogen-bond donors (Lipinski definition) is 0. The van der Waals surface area contributed by atoms with Gasteiger partial charge in [0.25, 0.3) is 0 Å². The zero-order valence-electron chi connectivity index (χ0n) is 14.5. The van der Waals surface area contributed by atoms with Gasteiger partial charge in [-0.15, -0.1) is 0 Å². The first-order valence-corrected chi connectivity index (χ1v) is 9.81. The normalized spacial score (nSPS) is 26.0. The molecule has 4 fully saturated rings. The smallest absolute Gasteiger partial charge is 0.227 e. The number of benzene rings is 1. The summed E-state index contributed by atoms with van der Waals surface area (Å²) in [6.45, 7) is 2.20. The molecule has 3 aliphatic heterocycles. The third kappa shape index (κ3) is 3.69. The average molecular weight is 361 g/mol. The molecule has 2 amide bonds. The van der Waals surface area contributed by atoms with Crippen molar-refractivity contribution in [3.8, 4) is 0 Å². The van der Waals surface area contributed by atoms with Gasteiger partial charge in [0.2, 0.25) is 11.8 Å². The Balaban J connectivity index is 1.40. The second-order valence-corrected chi connectivity index (χ2v) is 8.16. The maximum absolute atomic E-state index is 12.8. The van der Waals surface area contributed by atoms with Gasteiger partial charge in [-0.2, -0.15) is 0 Å². The van der Waals surface area contributed by atoms with Gasteiger partial charge in [0.1, 0.15) is 0 Å².